The van der Waals surface area contributed by atoms with Crippen molar-refractivity contribution in [3.05, 3.63) is 122 Å². The van der Waals surface area contributed by atoms with E-state index < -0.39 is 0 Å². The van der Waals surface area contributed by atoms with E-state index in [1.165, 1.54) is 154 Å². The Bertz CT molecular complexity index is 746. The third kappa shape index (κ3) is 37.9. The Morgan fingerprint density at radius 1 is 0.146 bits per heavy atom. The molecule has 0 amide bonds. The smallest absolute Gasteiger partial charge is 0.0169 e. The standard InChI is InChI=1S/2C6H12.2C6H10.4C6H8/c8*1-2-4-6-5-3-1/h2*1-6H2;2*1-2H,3-6H2;2*1-2,5-6H,3-4H2;2*1-4H,5-6H2. The van der Waals surface area contributed by atoms with Crippen molar-refractivity contribution in [2.45, 2.75) is 180 Å². The maximum Gasteiger partial charge on any atom is -0.0169 e. The van der Waals surface area contributed by atoms with Gasteiger partial charge in [-0.15, -0.1) is 0 Å². The number of hydrogen-bond acceptors (Lipinski definition) is 0. The normalized spacial score (nSPS) is 20.7. The van der Waals surface area contributed by atoms with E-state index in [1.807, 2.05) is 0 Å². The van der Waals surface area contributed by atoms with Gasteiger partial charge in [0.2, 0.25) is 0 Å². The van der Waals surface area contributed by atoms with E-state index in [4.69, 9.17) is 0 Å². The van der Waals surface area contributed by atoms with Crippen molar-refractivity contribution in [2.24, 2.45) is 0 Å². The van der Waals surface area contributed by atoms with E-state index in [0.29, 0.717) is 0 Å². The molecule has 0 nitrogen and oxygen atoms in total. The maximum absolute atomic E-state index is 2.27. The maximum atomic E-state index is 2.27. The highest BCUT2D eigenvalue weighted by atomic mass is 14.0. The van der Waals surface area contributed by atoms with Gasteiger partial charge in [-0.3, -0.25) is 0 Å². The van der Waals surface area contributed by atoms with Gasteiger partial charge in [0.1, 0.15) is 0 Å². The summed E-state index contributed by atoms with van der Waals surface area (Å²) in [5, 5.41) is 0. The van der Waals surface area contributed by atoms with E-state index >= 15 is 0 Å². The van der Waals surface area contributed by atoms with Crippen molar-refractivity contribution in [2.75, 3.05) is 0 Å². The van der Waals surface area contributed by atoms with Crippen LogP contribution in [0.5, 0.6) is 0 Å². The van der Waals surface area contributed by atoms with Crippen LogP contribution in [0.15, 0.2) is 122 Å². The molecular weight excluding hydrogens is 577 g/mol. The lowest BCUT2D eigenvalue weighted by Crippen LogP contribution is -1.85. The Morgan fingerprint density at radius 2 is 0.333 bits per heavy atom. The Kier molecular flexibility index (Phi) is 36.7. The van der Waals surface area contributed by atoms with Crippen LogP contribution in [0.2, 0.25) is 0 Å². The SMILES string of the molecule is C1=CCC=CC1.C1=CCC=CC1.C1=CCCC=C1.C1=CCCC=C1.C1=CCCCC1.C1=CCCCC1.C1CCCCC1.C1CCCCC1. The first-order chi connectivity index (χ1) is 24.0. The van der Waals surface area contributed by atoms with Gasteiger partial charge in [0, 0.05) is 0 Å². The summed E-state index contributed by atoms with van der Waals surface area (Å²) in [4.78, 5) is 0. The molecule has 0 aromatic heterocycles. The second kappa shape index (κ2) is 40.6. The lowest BCUT2D eigenvalue weighted by molar-refractivity contribution is 0.504. The van der Waals surface area contributed by atoms with Gasteiger partial charge >= 0.3 is 0 Å². The van der Waals surface area contributed by atoms with Crippen LogP contribution in [0.3, 0.4) is 0 Å². The Morgan fingerprint density at radius 3 is 0.417 bits per heavy atom. The summed E-state index contributed by atoms with van der Waals surface area (Å²) in [5.74, 6) is 0. The second-order valence-corrected chi connectivity index (χ2v) is 13.5. The topological polar surface area (TPSA) is 0 Å². The van der Waals surface area contributed by atoms with E-state index in [9.17, 15) is 0 Å². The van der Waals surface area contributed by atoms with Gasteiger partial charge in [0.15, 0.2) is 0 Å². The van der Waals surface area contributed by atoms with E-state index in [0.717, 1.165) is 25.7 Å². The van der Waals surface area contributed by atoms with Crippen molar-refractivity contribution in [3.63, 3.8) is 0 Å². The van der Waals surface area contributed by atoms with Crippen LogP contribution in [0.4, 0.5) is 0 Å². The van der Waals surface area contributed by atoms with E-state index in [2.05, 4.69) is 122 Å². The predicted octanol–water partition coefficient (Wildman–Crippen LogP) is 16.5. The van der Waals surface area contributed by atoms with Gasteiger partial charge in [0.05, 0.1) is 0 Å². The van der Waals surface area contributed by atoms with Gasteiger partial charge in [-0.2, -0.15) is 0 Å². The van der Waals surface area contributed by atoms with Crippen molar-refractivity contribution < 1.29 is 0 Å². The Labute approximate surface area is 300 Å². The van der Waals surface area contributed by atoms with Crippen molar-refractivity contribution in [3.8, 4) is 0 Å². The van der Waals surface area contributed by atoms with Gasteiger partial charge in [-0.1, -0.05) is 199 Å². The molecule has 0 aromatic rings. The molecule has 2 saturated carbocycles. The monoisotopic (exact) mass is 653 g/mol. The second-order valence-electron chi connectivity index (χ2n) is 13.5. The summed E-state index contributed by atoms with van der Waals surface area (Å²) in [5.41, 5.74) is 0. The molecule has 0 aromatic carbocycles. The summed E-state index contributed by atoms with van der Waals surface area (Å²) in [6.45, 7) is 0. The van der Waals surface area contributed by atoms with Crippen LogP contribution < -0.4 is 0 Å². The summed E-state index contributed by atoms with van der Waals surface area (Å²) < 4.78 is 0. The Hall–Kier alpha value is -2.60. The fraction of sp³-hybridized carbons (Fsp3) is 0.583. The molecule has 0 atom stereocenters. The third-order valence-corrected chi connectivity index (χ3v) is 8.84. The van der Waals surface area contributed by atoms with E-state index in [1.54, 1.807) is 0 Å². The fourth-order valence-electron chi connectivity index (χ4n) is 5.81. The molecule has 268 valence electrons. The summed E-state index contributed by atoms with van der Waals surface area (Å²) in [6.07, 6.45) is 82.0. The molecule has 48 heavy (non-hydrogen) atoms. The highest BCUT2D eigenvalue weighted by Gasteiger charge is 1.96. The van der Waals surface area contributed by atoms with Crippen LogP contribution in [0, 0.1) is 0 Å². The summed E-state index contributed by atoms with van der Waals surface area (Å²) in [6, 6.07) is 0. The minimum atomic E-state index is 1.14. The van der Waals surface area contributed by atoms with Crippen LogP contribution in [-0.2, 0) is 0 Å². The fourth-order valence-corrected chi connectivity index (χ4v) is 5.81. The molecule has 0 aliphatic heterocycles. The zero-order chi connectivity index (χ0) is 33.9. The molecule has 0 bridgehead atoms. The molecular formula is C48H76. The van der Waals surface area contributed by atoms with Crippen LogP contribution in [0.1, 0.15) is 180 Å². The molecule has 0 unspecified atom stereocenters. The van der Waals surface area contributed by atoms with E-state index in [-0.39, 0.29) is 0 Å². The van der Waals surface area contributed by atoms with Gasteiger partial charge < -0.3 is 0 Å². The lowest BCUT2D eigenvalue weighted by atomic mass is 10.0. The predicted molar refractivity (Wildman–Crippen MR) is 221 cm³/mol. The molecule has 2 fully saturated rings. The first-order valence-electron chi connectivity index (χ1n) is 20.5. The van der Waals surface area contributed by atoms with Crippen LogP contribution in [0.25, 0.3) is 0 Å². The number of allylic oxidation sites excluding steroid dienone is 20. The average Bonchev–Trinajstić information content (AvgIpc) is 3.25. The van der Waals surface area contributed by atoms with Crippen molar-refractivity contribution in [1.29, 1.82) is 0 Å². The highest BCUT2D eigenvalue weighted by Crippen LogP contribution is 2.16. The zero-order valence-electron chi connectivity index (χ0n) is 31.3. The Balaban J connectivity index is 0.000000274. The molecule has 8 rings (SSSR count). The minimum Gasteiger partial charge on any atom is -0.0885 e. The molecule has 0 heteroatoms. The van der Waals surface area contributed by atoms with Gasteiger partial charge in [-0.25, -0.2) is 0 Å². The summed E-state index contributed by atoms with van der Waals surface area (Å²) >= 11 is 0. The molecule has 8 aliphatic rings. The summed E-state index contributed by atoms with van der Waals surface area (Å²) in [7, 11) is 0. The molecule has 0 radical (unpaired) electrons. The van der Waals surface area contributed by atoms with Crippen molar-refractivity contribution >= 4 is 0 Å². The zero-order valence-corrected chi connectivity index (χ0v) is 31.3. The highest BCUT2D eigenvalue weighted by molar-refractivity contribution is 5.08. The van der Waals surface area contributed by atoms with Gasteiger partial charge in [-0.05, 0) is 103 Å². The first-order valence-corrected chi connectivity index (χ1v) is 20.5. The van der Waals surface area contributed by atoms with Crippen molar-refractivity contribution in [1.82, 2.24) is 0 Å². The minimum absolute atomic E-state index is 1.14. The molecule has 0 saturated heterocycles. The molecule has 0 heterocycles. The average molecular weight is 653 g/mol. The first kappa shape index (κ1) is 43.4. The third-order valence-electron chi connectivity index (χ3n) is 8.84. The largest absolute Gasteiger partial charge is 0.0885 e. The quantitative estimate of drug-likeness (QED) is 0.228. The molecule has 0 spiro atoms. The molecule has 8 aliphatic carbocycles. The van der Waals surface area contributed by atoms with Crippen LogP contribution in [-0.4, -0.2) is 0 Å². The van der Waals surface area contributed by atoms with Gasteiger partial charge in [0.25, 0.3) is 0 Å². The molecule has 0 N–H and O–H groups in total. The van der Waals surface area contributed by atoms with Crippen LogP contribution >= 0.6 is 0 Å². The number of hydrogen-bond donors (Lipinski definition) is 0. The lowest BCUT2D eigenvalue weighted by Gasteiger charge is -2.05. The number of rotatable bonds is 0.